The third-order valence-electron chi connectivity index (χ3n) is 20.0. The van der Waals surface area contributed by atoms with Crippen LogP contribution in [0.25, 0.3) is 82.5 Å². The highest BCUT2D eigenvalue weighted by atomic mass is 31.1. The molecule has 10 aromatic carbocycles. The third kappa shape index (κ3) is 7.83. The molecule has 0 saturated carbocycles. The molecule has 2 atom stereocenters. The summed E-state index contributed by atoms with van der Waals surface area (Å²) < 4.78 is 2.54. The van der Waals surface area contributed by atoms with Gasteiger partial charge in [-0.1, -0.05) is 222 Å². The summed E-state index contributed by atoms with van der Waals surface area (Å²) in [5.41, 5.74) is 26.2. The molecule has 0 amide bonds. The lowest BCUT2D eigenvalue weighted by Gasteiger charge is -2.34. The highest BCUT2D eigenvalue weighted by Crippen LogP contribution is 2.64. The van der Waals surface area contributed by atoms with Crippen molar-refractivity contribution in [2.45, 2.75) is 63.9 Å². The van der Waals surface area contributed by atoms with Crippen LogP contribution in [0.5, 0.6) is 0 Å². The minimum atomic E-state index is -0.648. The molecule has 0 saturated heterocycles. The van der Waals surface area contributed by atoms with Crippen LogP contribution in [0.2, 0.25) is 0 Å². The molecule has 2 nitrogen and oxygen atoms in total. The molecule has 87 heavy (non-hydrogen) atoms. The van der Waals surface area contributed by atoms with E-state index in [0.717, 1.165) is 29.1 Å². The Balaban J connectivity index is 0.908. The number of nitrogens with zero attached hydrogens (tertiary/aromatic N) is 2. The van der Waals surface area contributed by atoms with Crippen molar-refractivity contribution in [2.75, 3.05) is 4.90 Å². The van der Waals surface area contributed by atoms with Crippen LogP contribution in [0, 0.1) is 5.92 Å². The third-order valence-corrected chi connectivity index (χ3v) is 22.8. The Kier molecular flexibility index (Phi) is 12.2. The topological polar surface area (TPSA) is 8.17 Å². The van der Waals surface area contributed by atoms with Crippen molar-refractivity contribution in [3.63, 3.8) is 0 Å². The number of aromatic nitrogens is 1. The number of rotatable bonds is 9. The van der Waals surface area contributed by atoms with Gasteiger partial charge in [-0.2, -0.15) is 0 Å². The molecule has 3 aliphatic carbocycles. The van der Waals surface area contributed by atoms with E-state index in [1.165, 1.54) is 127 Å². The number of para-hydroxylation sites is 1. The number of fused-ring (bicyclic) bond motifs is 11. The number of anilines is 2. The van der Waals surface area contributed by atoms with Gasteiger partial charge in [0.1, 0.15) is 13.3 Å². The summed E-state index contributed by atoms with van der Waals surface area (Å²) in [4.78, 5) is 2.53. The van der Waals surface area contributed by atoms with E-state index in [-0.39, 0.29) is 10.6 Å². The van der Waals surface area contributed by atoms with Crippen LogP contribution in [0.15, 0.2) is 291 Å². The fourth-order valence-electron chi connectivity index (χ4n) is 15.7. The maximum atomic E-state index is 4.78. The summed E-state index contributed by atoms with van der Waals surface area (Å²) in [7, 11) is -0.507. The maximum Gasteiger partial charge on any atom is 0.157 e. The lowest BCUT2D eigenvalue weighted by atomic mass is 9.67. The molecule has 1 aliphatic heterocycles. The summed E-state index contributed by atoms with van der Waals surface area (Å²) in [6.07, 6.45) is 12.8. The summed E-state index contributed by atoms with van der Waals surface area (Å²) in [6, 6.07) is 89.9. The standard InChI is InChI=1S/C84H68N2P/c1-8-61(52-73-55(3)63-28-17-19-32-71(63)82(73,4)5)85(62-43-45-68-74(53-62)83(6,7)87-49-22-21-36-80(68)87)77-48-46-64(65-29-15-16-30-66(65)77)58-41-44-69-75(51-58)84(59-24-11-9-12-25-59,60-26-13-10-14-27-60)72-33-23-35-79(81(69)72)86-76-34-20-18-31-67(76)70-50-57(42-47-78(70)86)56-39-37-54(2)38-40-56/h8-37,39-54H,3,38H2,1-2,4-7H3/q+1/b61-8+,73-52+. The van der Waals surface area contributed by atoms with Crippen LogP contribution in [-0.2, 0) is 16.0 Å². The monoisotopic (exact) mass is 1140 g/mol. The second-order valence-corrected chi connectivity index (χ2v) is 28.1. The van der Waals surface area contributed by atoms with Crippen LogP contribution in [0.1, 0.15) is 92.5 Å². The Labute approximate surface area is 512 Å². The van der Waals surface area contributed by atoms with Gasteiger partial charge in [-0.3, -0.25) is 0 Å². The van der Waals surface area contributed by atoms with Crippen LogP contribution in [-0.4, -0.2) is 4.57 Å². The van der Waals surface area contributed by atoms with E-state index in [1.54, 1.807) is 0 Å². The number of hydrogen-bond acceptors (Lipinski definition) is 1. The fourth-order valence-corrected chi connectivity index (χ4v) is 18.3. The van der Waals surface area contributed by atoms with Gasteiger partial charge in [0.15, 0.2) is 10.5 Å². The van der Waals surface area contributed by atoms with Crippen LogP contribution in [0.3, 0.4) is 0 Å². The van der Waals surface area contributed by atoms with E-state index in [2.05, 4.69) is 324 Å². The molecule has 4 aliphatic rings. The average Bonchev–Trinajstić information content (AvgIpc) is 1.59. The van der Waals surface area contributed by atoms with Gasteiger partial charge in [-0.25, -0.2) is 0 Å². The van der Waals surface area contributed by atoms with Gasteiger partial charge in [-0.05, 0) is 184 Å². The Hall–Kier alpha value is -9.59. The lowest BCUT2D eigenvalue weighted by Crippen LogP contribution is -2.28. The highest BCUT2D eigenvalue weighted by molar-refractivity contribution is 7.54. The molecule has 0 fully saturated rings. The van der Waals surface area contributed by atoms with Gasteiger partial charge < -0.3 is 9.47 Å². The Morgan fingerprint density at radius 3 is 1.98 bits per heavy atom. The first-order valence-corrected chi connectivity index (χ1v) is 32.4. The van der Waals surface area contributed by atoms with Gasteiger partial charge in [0.05, 0.1) is 27.8 Å². The molecule has 12 aromatic rings. The summed E-state index contributed by atoms with van der Waals surface area (Å²) in [5.74, 6) is 3.01. The highest BCUT2D eigenvalue weighted by Gasteiger charge is 2.49. The minimum absolute atomic E-state index is 0.0353. The van der Waals surface area contributed by atoms with Crippen molar-refractivity contribution in [2.24, 2.45) is 5.92 Å². The van der Waals surface area contributed by atoms with Crippen molar-refractivity contribution in [1.82, 2.24) is 4.57 Å². The van der Waals surface area contributed by atoms with Gasteiger partial charge in [0.25, 0.3) is 0 Å². The zero-order valence-electron chi connectivity index (χ0n) is 50.3. The molecule has 0 N–H and O–H groups in total. The Morgan fingerprint density at radius 1 is 0.552 bits per heavy atom. The molecule has 16 rings (SSSR count). The van der Waals surface area contributed by atoms with Crippen molar-refractivity contribution in [3.8, 4) is 38.8 Å². The Bertz CT molecular complexity index is 4960. The molecule has 0 bridgehead atoms. The maximum absolute atomic E-state index is 4.78. The molecular weight excluding hydrogens is 1070 g/mol. The van der Waals surface area contributed by atoms with Gasteiger partial charge >= 0.3 is 0 Å². The molecule has 0 radical (unpaired) electrons. The zero-order valence-corrected chi connectivity index (χ0v) is 51.2. The Morgan fingerprint density at radius 2 is 1.22 bits per heavy atom. The van der Waals surface area contributed by atoms with Crippen molar-refractivity contribution < 1.29 is 0 Å². The van der Waals surface area contributed by atoms with Crippen molar-refractivity contribution >= 4 is 62.6 Å². The number of benzene rings is 10. The van der Waals surface area contributed by atoms with Crippen molar-refractivity contribution in [3.05, 3.63) is 335 Å². The van der Waals surface area contributed by atoms with E-state index in [4.69, 9.17) is 6.58 Å². The van der Waals surface area contributed by atoms with Crippen molar-refractivity contribution in [1.29, 1.82) is 0 Å². The number of hydrogen-bond donors (Lipinski definition) is 0. The van der Waals surface area contributed by atoms with Crippen LogP contribution >= 0.6 is 7.53 Å². The van der Waals surface area contributed by atoms with Gasteiger partial charge in [0, 0.05) is 49.6 Å². The summed E-state index contributed by atoms with van der Waals surface area (Å²) in [5, 5.41) is 6.33. The van der Waals surface area contributed by atoms with E-state index in [0.29, 0.717) is 5.92 Å². The SMILES string of the molecule is C=C1/C(=C\C(=C/C)N(c2ccc3c(c2)C(C)(C)[p+]2ccccc2-3)c2ccc(-c3ccc4c(c3)C(c3ccccc3)(c3ccccc3)c3cccc(-n5c6ccccc6c6cc(C7=CCC(C)C=C7)ccc65)c3-4)c3ccccc23)C(C)(C)c2ccccc21. The summed E-state index contributed by atoms with van der Waals surface area (Å²) >= 11 is 0. The largest absolute Gasteiger partial charge is 0.310 e. The molecule has 418 valence electrons. The predicted octanol–water partition coefficient (Wildman–Crippen LogP) is 23.0. The molecule has 2 unspecified atom stereocenters. The second kappa shape index (κ2) is 20.0. The van der Waals surface area contributed by atoms with E-state index >= 15 is 0 Å². The first-order valence-electron chi connectivity index (χ1n) is 30.9. The zero-order chi connectivity index (χ0) is 58.9. The van der Waals surface area contributed by atoms with Gasteiger partial charge in [0.2, 0.25) is 0 Å². The normalized spacial score (nSPS) is 17.3. The number of allylic oxidation sites excluding steroid dienone is 8. The molecule has 0 spiro atoms. The molecule has 3 heteroatoms. The first-order chi connectivity index (χ1) is 42.5. The minimum Gasteiger partial charge on any atom is -0.310 e. The fraction of sp³-hybridized carbons (Fsp3) is 0.131. The first kappa shape index (κ1) is 52.9. The van der Waals surface area contributed by atoms with Gasteiger partial charge in [-0.15, -0.1) is 0 Å². The molecule has 2 aromatic heterocycles. The smallest absolute Gasteiger partial charge is 0.157 e. The second-order valence-electron chi connectivity index (χ2n) is 25.4. The van der Waals surface area contributed by atoms with E-state index in [1.807, 2.05) is 0 Å². The van der Waals surface area contributed by atoms with Crippen LogP contribution in [0.4, 0.5) is 11.4 Å². The molecule has 3 heterocycles. The van der Waals surface area contributed by atoms with E-state index < -0.39 is 12.9 Å². The lowest BCUT2D eigenvalue weighted by molar-refractivity contribution is 0.660. The molecular formula is C84H68N2P+. The van der Waals surface area contributed by atoms with Crippen LogP contribution < -0.4 is 4.90 Å². The van der Waals surface area contributed by atoms with E-state index in [9.17, 15) is 0 Å². The quantitative estimate of drug-likeness (QED) is 0.140. The predicted molar refractivity (Wildman–Crippen MR) is 372 cm³/mol. The summed E-state index contributed by atoms with van der Waals surface area (Å²) in [6.45, 7) is 18.9. The average molecular weight is 1140 g/mol.